The van der Waals surface area contributed by atoms with Crippen molar-refractivity contribution in [2.24, 2.45) is 0 Å². The van der Waals surface area contributed by atoms with Crippen LogP contribution in [-0.2, 0) is 19.3 Å². The quantitative estimate of drug-likeness (QED) is 0.776. The van der Waals surface area contributed by atoms with Gasteiger partial charge in [0.15, 0.2) is 9.84 Å². The van der Waals surface area contributed by atoms with Crippen molar-refractivity contribution in [1.29, 1.82) is 0 Å². The van der Waals surface area contributed by atoms with E-state index in [1.807, 2.05) is 0 Å². The van der Waals surface area contributed by atoms with E-state index in [2.05, 4.69) is 0 Å². The molecule has 0 saturated heterocycles. The lowest BCUT2D eigenvalue weighted by Crippen LogP contribution is -2.29. The van der Waals surface area contributed by atoms with Gasteiger partial charge in [0.25, 0.3) is 0 Å². The Morgan fingerprint density at radius 3 is 2.55 bits per heavy atom. The second kappa shape index (κ2) is 7.68. The molecule has 2 unspecified atom stereocenters. The summed E-state index contributed by atoms with van der Waals surface area (Å²) in [6.07, 6.45) is -1.48. The number of hydrogen-bond acceptors (Lipinski definition) is 5. The first-order valence-electron chi connectivity index (χ1n) is 6.12. The Labute approximate surface area is 118 Å². The molecular weight excluding hydrogens is 287 g/mol. The van der Waals surface area contributed by atoms with Crippen LogP contribution >= 0.6 is 0 Å². The molecule has 0 saturated carbocycles. The Morgan fingerprint density at radius 1 is 1.30 bits per heavy atom. The number of hydrogen-bond donors (Lipinski definition) is 1. The number of aliphatic hydroxyl groups is 1. The molecule has 114 valence electrons. The van der Waals surface area contributed by atoms with Crippen LogP contribution in [0.4, 0.5) is 4.39 Å². The van der Waals surface area contributed by atoms with E-state index in [0.717, 1.165) is 6.07 Å². The van der Waals surface area contributed by atoms with E-state index >= 15 is 0 Å². The minimum atomic E-state index is -3.89. The summed E-state index contributed by atoms with van der Waals surface area (Å²) < 4.78 is 47.4. The first-order valence-corrected chi connectivity index (χ1v) is 7.78. The lowest BCUT2D eigenvalue weighted by molar-refractivity contribution is -0.0260. The molecule has 0 amide bonds. The van der Waals surface area contributed by atoms with Crippen LogP contribution in [0.1, 0.15) is 6.92 Å². The van der Waals surface area contributed by atoms with Gasteiger partial charge < -0.3 is 14.6 Å². The van der Waals surface area contributed by atoms with Crippen LogP contribution in [0.25, 0.3) is 0 Å². The fourth-order valence-electron chi connectivity index (χ4n) is 1.65. The first-order chi connectivity index (χ1) is 9.36. The fraction of sp³-hybridized carbons (Fsp3) is 0.538. The maximum absolute atomic E-state index is 13.4. The molecule has 0 fully saturated rings. The van der Waals surface area contributed by atoms with Crippen LogP contribution < -0.4 is 0 Å². The van der Waals surface area contributed by atoms with Gasteiger partial charge in [-0.2, -0.15) is 0 Å². The summed E-state index contributed by atoms with van der Waals surface area (Å²) in [5.74, 6) is -1.42. The zero-order valence-corrected chi connectivity index (χ0v) is 12.3. The van der Waals surface area contributed by atoms with Gasteiger partial charge >= 0.3 is 0 Å². The predicted molar refractivity (Wildman–Crippen MR) is 71.7 cm³/mol. The molecule has 20 heavy (non-hydrogen) atoms. The van der Waals surface area contributed by atoms with Crippen molar-refractivity contribution in [3.8, 4) is 0 Å². The smallest absolute Gasteiger partial charge is 0.183 e. The van der Waals surface area contributed by atoms with Crippen LogP contribution in [0.15, 0.2) is 29.2 Å². The highest BCUT2D eigenvalue weighted by Gasteiger charge is 2.23. The van der Waals surface area contributed by atoms with E-state index in [4.69, 9.17) is 9.47 Å². The van der Waals surface area contributed by atoms with Gasteiger partial charge in [-0.15, -0.1) is 0 Å². The van der Waals surface area contributed by atoms with Crippen LogP contribution in [-0.4, -0.2) is 51.8 Å². The third-order valence-electron chi connectivity index (χ3n) is 2.56. The number of sulfone groups is 1. The molecule has 1 rings (SSSR count). The summed E-state index contributed by atoms with van der Waals surface area (Å²) in [5, 5.41) is 9.69. The van der Waals surface area contributed by atoms with Crippen molar-refractivity contribution in [2.45, 2.75) is 24.0 Å². The summed E-state index contributed by atoms with van der Waals surface area (Å²) in [7, 11) is -2.37. The molecular formula is C13H19FO5S. The summed E-state index contributed by atoms with van der Waals surface area (Å²) in [5.41, 5.74) is 0. The van der Waals surface area contributed by atoms with Crippen molar-refractivity contribution in [2.75, 3.05) is 26.1 Å². The molecule has 1 N–H and O–H groups in total. The summed E-state index contributed by atoms with van der Waals surface area (Å²) >= 11 is 0. The molecule has 0 aliphatic carbocycles. The average Bonchev–Trinajstić information content (AvgIpc) is 2.36. The Kier molecular flexibility index (Phi) is 6.54. The highest BCUT2D eigenvalue weighted by atomic mass is 32.2. The Morgan fingerprint density at radius 2 is 1.95 bits per heavy atom. The van der Waals surface area contributed by atoms with Gasteiger partial charge in [-0.1, -0.05) is 12.1 Å². The highest BCUT2D eigenvalue weighted by molar-refractivity contribution is 7.91. The largest absolute Gasteiger partial charge is 0.390 e. The molecule has 1 aromatic carbocycles. The second-order valence-electron chi connectivity index (χ2n) is 4.46. The SMILES string of the molecule is COCC(C)OCC(O)CS(=O)(=O)c1ccccc1F. The summed E-state index contributed by atoms with van der Waals surface area (Å²) in [4.78, 5) is -0.413. The number of ether oxygens (including phenoxy) is 2. The molecule has 2 atom stereocenters. The third kappa shape index (κ3) is 5.16. The van der Waals surface area contributed by atoms with E-state index in [1.165, 1.54) is 25.3 Å². The fourth-order valence-corrected chi connectivity index (χ4v) is 3.08. The molecule has 0 spiro atoms. The first kappa shape index (κ1) is 17.0. The second-order valence-corrected chi connectivity index (χ2v) is 6.47. The molecule has 0 radical (unpaired) electrons. The Bertz CT molecular complexity index is 517. The van der Waals surface area contributed by atoms with Gasteiger partial charge in [-0.25, -0.2) is 12.8 Å². The van der Waals surface area contributed by atoms with Crippen LogP contribution in [0, 0.1) is 5.82 Å². The van der Waals surface area contributed by atoms with Gasteiger partial charge in [0.05, 0.1) is 31.2 Å². The molecule has 1 aromatic rings. The van der Waals surface area contributed by atoms with Crippen molar-refractivity contribution >= 4 is 9.84 Å². The van der Waals surface area contributed by atoms with Crippen molar-refractivity contribution in [1.82, 2.24) is 0 Å². The van der Waals surface area contributed by atoms with E-state index in [0.29, 0.717) is 6.61 Å². The minimum Gasteiger partial charge on any atom is -0.390 e. The Hall–Kier alpha value is -1.02. The normalized spacial score (nSPS) is 15.0. The van der Waals surface area contributed by atoms with E-state index in [9.17, 15) is 17.9 Å². The standard InChI is InChI=1S/C13H19FO5S/c1-10(7-18-2)19-8-11(15)9-20(16,17)13-6-4-3-5-12(13)14/h3-6,10-11,15H,7-9H2,1-2H3. The monoisotopic (exact) mass is 306 g/mol. The van der Waals surface area contributed by atoms with Gasteiger partial charge in [-0.05, 0) is 19.1 Å². The van der Waals surface area contributed by atoms with Gasteiger partial charge in [0.1, 0.15) is 10.7 Å². The predicted octanol–water partition coefficient (Wildman–Crippen LogP) is 1.01. The van der Waals surface area contributed by atoms with Crippen molar-refractivity contribution < 1.29 is 27.4 Å². The number of rotatable bonds is 8. The lowest BCUT2D eigenvalue weighted by Gasteiger charge is -2.16. The van der Waals surface area contributed by atoms with Gasteiger partial charge in [0, 0.05) is 7.11 Å². The number of aliphatic hydroxyl groups excluding tert-OH is 1. The minimum absolute atomic E-state index is 0.155. The Balaban J connectivity index is 2.61. The maximum Gasteiger partial charge on any atom is 0.183 e. The van der Waals surface area contributed by atoms with E-state index in [1.54, 1.807) is 6.92 Å². The maximum atomic E-state index is 13.4. The van der Waals surface area contributed by atoms with E-state index < -0.39 is 32.4 Å². The zero-order chi connectivity index (χ0) is 15.2. The van der Waals surface area contributed by atoms with E-state index in [-0.39, 0.29) is 12.7 Å². The molecule has 5 nitrogen and oxygen atoms in total. The molecule has 0 aliphatic heterocycles. The van der Waals surface area contributed by atoms with Crippen LogP contribution in [0.2, 0.25) is 0 Å². The molecule has 0 bridgehead atoms. The third-order valence-corrected chi connectivity index (χ3v) is 4.38. The molecule has 0 heterocycles. The number of benzene rings is 1. The summed E-state index contributed by atoms with van der Waals surface area (Å²) in [6.45, 7) is 1.92. The van der Waals surface area contributed by atoms with Crippen molar-refractivity contribution in [3.05, 3.63) is 30.1 Å². The molecule has 7 heteroatoms. The molecule has 0 aliphatic rings. The van der Waals surface area contributed by atoms with Crippen LogP contribution in [0.5, 0.6) is 0 Å². The number of methoxy groups -OCH3 is 1. The van der Waals surface area contributed by atoms with Gasteiger partial charge in [0.2, 0.25) is 0 Å². The average molecular weight is 306 g/mol. The molecule has 0 aromatic heterocycles. The van der Waals surface area contributed by atoms with Crippen molar-refractivity contribution in [3.63, 3.8) is 0 Å². The summed E-state index contributed by atoms with van der Waals surface area (Å²) in [6, 6.07) is 5.07. The topological polar surface area (TPSA) is 72.8 Å². The number of halogens is 1. The zero-order valence-electron chi connectivity index (χ0n) is 11.5. The van der Waals surface area contributed by atoms with Crippen LogP contribution in [0.3, 0.4) is 0 Å². The lowest BCUT2D eigenvalue weighted by atomic mass is 10.3. The highest BCUT2D eigenvalue weighted by Crippen LogP contribution is 2.16. The van der Waals surface area contributed by atoms with Gasteiger partial charge in [-0.3, -0.25) is 0 Å².